The van der Waals surface area contributed by atoms with Crippen LogP contribution in [0.15, 0.2) is 23.0 Å². The molecule has 0 amide bonds. The van der Waals surface area contributed by atoms with Crippen molar-refractivity contribution in [1.82, 2.24) is 20.4 Å². The van der Waals surface area contributed by atoms with E-state index in [-0.39, 0.29) is 5.95 Å². The van der Waals surface area contributed by atoms with Crippen molar-refractivity contribution < 1.29 is 0 Å². The Bertz CT molecular complexity index is 628. The number of anilines is 1. The molecule has 0 aliphatic rings. The van der Waals surface area contributed by atoms with Crippen molar-refractivity contribution in [3.8, 4) is 11.4 Å². The molecule has 20 heavy (non-hydrogen) atoms. The fourth-order valence-electron chi connectivity index (χ4n) is 2.22. The van der Waals surface area contributed by atoms with Gasteiger partial charge in [0.15, 0.2) is 0 Å². The fourth-order valence-corrected chi connectivity index (χ4v) is 2.22. The first-order valence-corrected chi connectivity index (χ1v) is 6.71. The van der Waals surface area contributed by atoms with Crippen LogP contribution in [0, 0.1) is 0 Å². The van der Waals surface area contributed by atoms with Crippen LogP contribution in [0.25, 0.3) is 11.4 Å². The zero-order valence-corrected chi connectivity index (χ0v) is 11.9. The number of H-pyrrole nitrogens is 1. The lowest BCUT2D eigenvalue weighted by molar-refractivity contribution is 0.902. The molecule has 0 bridgehead atoms. The summed E-state index contributed by atoms with van der Waals surface area (Å²) in [5, 5.41) is 0. The standard InChI is InChI=1S/C14H19N5O/c1-4-9-7-6-8-10(5-2)11(9)12-16-13(19-15-3)18-14(20)17-12/h6-8,15H,4-5H2,1-3H3,(H2,16,17,18,19,20). The smallest absolute Gasteiger partial charge is 0.290 e. The predicted octanol–water partition coefficient (Wildman–Crippen LogP) is 1.50. The number of nitrogens with one attached hydrogen (secondary N) is 3. The number of hydrogen-bond acceptors (Lipinski definition) is 5. The molecule has 1 aromatic heterocycles. The Balaban J connectivity index is 2.64. The molecule has 106 valence electrons. The van der Waals surface area contributed by atoms with Crippen molar-refractivity contribution in [3.63, 3.8) is 0 Å². The highest BCUT2D eigenvalue weighted by atomic mass is 16.1. The lowest BCUT2D eigenvalue weighted by Gasteiger charge is -2.12. The van der Waals surface area contributed by atoms with Crippen molar-refractivity contribution in [2.75, 3.05) is 12.5 Å². The van der Waals surface area contributed by atoms with Crippen molar-refractivity contribution in [2.45, 2.75) is 26.7 Å². The van der Waals surface area contributed by atoms with Gasteiger partial charge in [0.25, 0.3) is 0 Å². The molecule has 0 spiro atoms. The van der Waals surface area contributed by atoms with Crippen molar-refractivity contribution in [1.29, 1.82) is 0 Å². The normalized spacial score (nSPS) is 10.6. The van der Waals surface area contributed by atoms with E-state index in [9.17, 15) is 4.79 Å². The number of aromatic nitrogens is 3. The molecule has 0 fully saturated rings. The van der Waals surface area contributed by atoms with Gasteiger partial charge in [0, 0.05) is 12.6 Å². The minimum Gasteiger partial charge on any atom is -0.290 e. The van der Waals surface area contributed by atoms with E-state index < -0.39 is 5.69 Å². The van der Waals surface area contributed by atoms with Crippen molar-refractivity contribution in [3.05, 3.63) is 39.8 Å². The number of rotatable bonds is 5. The van der Waals surface area contributed by atoms with E-state index in [1.165, 1.54) is 0 Å². The molecule has 0 saturated carbocycles. The summed E-state index contributed by atoms with van der Waals surface area (Å²) in [5.74, 6) is 0.816. The maximum atomic E-state index is 11.7. The van der Waals surface area contributed by atoms with Crippen LogP contribution in [-0.2, 0) is 12.8 Å². The van der Waals surface area contributed by atoms with Gasteiger partial charge in [-0.1, -0.05) is 32.0 Å². The largest absolute Gasteiger partial charge is 0.349 e. The molecule has 0 atom stereocenters. The Morgan fingerprint density at radius 3 is 2.35 bits per heavy atom. The Kier molecular flexibility index (Phi) is 4.47. The highest BCUT2D eigenvalue weighted by Gasteiger charge is 2.12. The minimum atomic E-state index is -0.416. The highest BCUT2D eigenvalue weighted by Crippen LogP contribution is 2.25. The Hall–Kier alpha value is -2.21. The molecule has 6 nitrogen and oxygen atoms in total. The summed E-state index contributed by atoms with van der Waals surface area (Å²) in [6.45, 7) is 4.18. The molecule has 0 radical (unpaired) electrons. The second-order valence-corrected chi connectivity index (χ2v) is 4.36. The zero-order chi connectivity index (χ0) is 14.5. The third kappa shape index (κ3) is 2.85. The van der Waals surface area contributed by atoms with Gasteiger partial charge in [0.05, 0.1) is 0 Å². The van der Waals surface area contributed by atoms with Gasteiger partial charge in [0.1, 0.15) is 5.82 Å². The predicted molar refractivity (Wildman–Crippen MR) is 79.5 cm³/mol. The quantitative estimate of drug-likeness (QED) is 0.719. The summed E-state index contributed by atoms with van der Waals surface area (Å²) in [4.78, 5) is 22.5. The summed E-state index contributed by atoms with van der Waals surface area (Å²) < 4.78 is 0. The van der Waals surface area contributed by atoms with Gasteiger partial charge in [-0.2, -0.15) is 9.97 Å². The van der Waals surface area contributed by atoms with E-state index >= 15 is 0 Å². The number of hydrogen-bond donors (Lipinski definition) is 3. The van der Waals surface area contributed by atoms with Crippen LogP contribution in [0.4, 0.5) is 5.95 Å². The van der Waals surface area contributed by atoms with E-state index in [1.807, 2.05) is 6.07 Å². The third-order valence-corrected chi connectivity index (χ3v) is 3.12. The van der Waals surface area contributed by atoms with Gasteiger partial charge in [0.2, 0.25) is 5.95 Å². The molecule has 2 aromatic rings. The van der Waals surface area contributed by atoms with E-state index in [4.69, 9.17) is 0 Å². The van der Waals surface area contributed by atoms with Crippen LogP contribution in [0.2, 0.25) is 0 Å². The first-order valence-electron chi connectivity index (χ1n) is 6.71. The maximum Gasteiger partial charge on any atom is 0.349 e. The van der Waals surface area contributed by atoms with E-state index in [0.717, 1.165) is 29.5 Å². The van der Waals surface area contributed by atoms with Gasteiger partial charge in [-0.05, 0) is 24.0 Å². The average molecular weight is 273 g/mol. The number of hydrazine groups is 1. The van der Waals surface area contributed by atoms with Crippen LogP contribution in [0.3, 0.4) is 0 Å². The van der Waals surface area contributed by atoms with Gasteiger partial charge >= 0.3 is 5.69 Å². The second kappa shape index (κ2) is 6.29. The summed E-state index contributed by atoms with van der Waals surface area (Å²) in [6.07, 6.45) is 1.76. The summed E-state index contributed by atoms with van der Waals surface area (Å²) >= 11 is 0. The molecule has 0 saturated heterocycles. The molecule has 0 aliphatic carbocycles. The van der Waals surface area contributed by atoms with Crippen molar-refractivity contribution in [2.24, 2.45) is 0 Å². The van der Waals surface area contributed by atoms with Crippen LogP contribution in [-0.4, -0.2) is 22.0 Å². The molecule has 1 aromatic carbocycles. The first kappa shape index (κ1) is 14.2. The number of benzene rings is 1. The molecule has 2 rings (SSSR count). The summed E-state index contributed by atoms with van der Waals surface area (Å²) in [6, 6.07) is 6.15. The fraction of sp³-hybridized carbons (Fsp3) is 0.357. The van der Waals surface area contributed by atoms with Crippen LogP contribution in [0.1, 0.15) is 25.0 Å². The Morgan fingerprint density at radius 1 is 1.15 bits per heavy atom. The molecule has 0 aliphatic heterocycles. The van der Waals surface area contributed by atoms with Gasteiger partial charge < -0.3 is 0 Å². The third-order valence-electron chi connectivity index (χ3n) is 3.12. The molecule has 3 N–H and O–H groups in total. The van der Waals surface area contributed by atoms with Crippen LogP contribution >= 0.6 is 0 Å². The van der Waals surface area contributed by atoms with E-state index in [2.05, 4.69) is 51.8 Å². The number of aryl methyl sites for hydroxylation is 2. The topological polar surface area (TPSA) is 82.7 Å². The van der Waals surface area contributed by atoms with Gasteiger partial charge in [-0.3, -0.25) is 10.4 Å². The number of nitrogens with zero attached hydrogens (tertiary/aromatic N) is 2. The Labute approximate surface area is 117 Å². The molecular weight excluding hydrogens is 254 g/mol. The minimum absolute atomic E-state index is 0.263. The van der Waals surface area contributed by atoms with Crippen LogP contribution in [0.5, 0.6) is 0 Å². The monoisotopic (exact) mass is 273 g/mol. The van der Waals surface area contributed by atoms with Gasteiger partial charge in [-0.25, -0.2) is 10.2 Å². The van der Waals surface area contributed by atoms with Crippen LogP contribution < -0.4 is 16.5 Å². The SMILES string of the molecule is CCc1cccc(CC)c1-c1nc(NNC)nc(=O)[nH]1. The second-order valence-electron chi connectivity index (χ2n) is 4.36. The maximum absolute atomic E-state index is 11.7. The Morgan fingerprint density at radius 2 is 1.80 bits per heavy atom. The average Bonchev–Trinajstić information content (AvgIpc) is 2.46. The molecule has 1 heterocycles. The molecule has 6 heteroatoms. The number of aromatic amines is 1. The van der Waals surface area contributed by atoms with E-state index in [0.29, 0.717) is 5.82 Å². The molecule has 0 unspecified atom stereocenters. The van der Waals surface area contributed by atoms with Gasteiger partial charge in [-0.15, -0.1) is 0 Å². The van der Waals surface area contributed by atoms with E-state index in [1.54, 1.807) is 7.05 Å². The lowest BCUT2D eigenvalue weighted by atomic mass is 9.97. The van der Waals surface area contributed by atoms with Crippen molar-refractivity contribution >= 4 is 5.95 Å². The summed E-state index contributed by atoms with van der Waals surface area (Å²) in [5.41, 5.74) is 8.36. The summed E-state index contributed by atoms with van der Waals surface area (Å²) in [7, 11) is 1.70. The lowest BCUT2D eigenvalue weighted by Crippen LogP contribution is -2.23. The molecular formula is C14H19N5O. The first-order chi connectivity index (χ1) is 9.69. The zero-order valence-electron chi connectivity index (χ0n) is 11.9. The highest BCUT2D eigenvalue weighted by molar-refractivity contribution is 5.65.